The Kier molecular flexibility index (Phi) is 8.31. The summed E-state index contributed by atoms with van der Waals surface area (Å²) in [5.41, 5.74) is 2.98. The Morgan fingerprint density at radius 1 is 0.981 bits per heavy atom. The molecule has 52 heavy (non-hydrogen) atoms. The van der Waals surface area contributed by atoms with Crippen LogP contribution in [0.25, 0.3) is 11.4 Å². The van der Waals surface area contributed by atoms with Gasteiger partial charge in [0.2, 0.25) is 5.88 Å². The Labute approximate surface area is 306 Å². The molecule has 1 amide bonds. The lowest BCUT2D eigenvalue weighted by Crippen LogP contribution is -2.41. The van der Waals surface area contributed by atoms with Crippen molar-refractivity contribution in [3.63, 3.8) is 0 Å². The number of anilines is 2. The molecule has 2 saturated carbocycles. The van der Waals surface area contributed by atoms with E-state index in [1.807, 2.05) is 30.5 Å². The number of pyridine rings is 4. The minimum Gasteiger partial charge on any atom is -0.478 e. The van der Waals surface area contributed by atoms with Crippen molar-refractivity contribution in [3.05, 3.63) is 83.7 Å². The lowest BCUT2D eigenvalue weighted by atomic mass is 9.86. The van der Waals surface area contributed by atoms with E-state index in [1.165, 1.54) is 24.5 Å². The van der Waals surface area contributed by atoms with Crippen molar-refractivity contribution in [2.45, 2.75) is 95.2 Å². The second kappa shape index (κ2) is 12.5. The predicted molar refractivity (Wildman–Crippen MR) is 200 cm³/mol. The van der Waals surface area contributed by atoms with Gasteiger partial charge in [0.1, 0.15) is 11.6 Å². The van der Waals surface area contributed by atoms with E-state index in [-0.39, 0.29) is 33.0 Å². The molecule has 11 nitrogen and oxygen atoms in total. The highest BCUT2D eigenvalue weighted by Gasteiger charge is 2.63. The number of carbonyl (C=O) groups excluding carboxylic acids is 1. The molecule has 2 unspecified atom stereocenters. The summed E-state index contributed by atoms with van der Waals surface area (Å²) < 4.78 is 35.8. The van der Waals surface area contributed by atoms with Crippen LogP contribution >= 0.6 is 0 Å². The molecule has 4 aromatic heterocycles. The number of amides is 1. The highest BCUT2D eigenvalue weighted by molar-refractivity contribution is 7.90. The van der Waals surface area contributed by atoms with Gasteiger partial charge in [0.05, 0.1) is 35.3 Å². The van der Waals surface area contributed by atoms with Crippen LogP contribution in [0.1, 0.15) is 101 Å². The standard InChI is InChI=1S/C40H47N7O4S/c1-38(2,3)26-16-18-41-31(20-26)32-21-27-22-40(27)23-39(4,5)47(24-40)36-28(37(48)46-52(49,50)35-11-7-9-33(42-32)45-35)14-15-30(44-36)29-8-6-10-34(43-29)51-19-17-25-12-13-25/h6-11,14-16,18,20,25,27,32H,12-13,17,19,21-24H2,1-5H3,(H,42,45)(H,46,48)/t27?,32-,40?/m1/s1. The number of ether oxygens (including phenoxy) is 1. The van der Waals surface area contributed by atoms with Crippen LogP contribution in [-0.2, 0) is 15.4 Å². The van der Waals surface area contributed by atoms with Gasteiger partial charge in [0.15, 0.2) is 5.03 Å². The zero-order valence-corrected chi connectivity index (χ0v) is 31.3. The van der Waals surface area contributed by atoms with Crippen LogP contribution in [0.5, 0.6) is 5.88 Å². The van der Waals surface area contributed by atoms with Crippen molar-refractivity contribution in [3.8, 4) is 17.3 Å². The lowest BCUT2D eigenvalue weighted by Gasteiger charge is -2.34. The summed E-state index contributed by atoms with van der Waals surface area (Å²) >= 11 is 0. The Morgan fingerprint density at radius 2 is 1.77 bits per heavy atom. The topological polar surface area (TPSA) is 139 Å². The Morgan fingerprint density at radius 3 is 2.56 bits per heavy atom. The van der Waals surface area contributed by atoms with Crippen LogP contribution in [0.3, 0.4) is 0 Å². The average Bonchev–Trinajstić information content (AvgIpc) is 4.02. The van der Waals surface area contributed by atoms with Gasteiger partial charge < -0.3 is 15.0 Å². The summed E-state index contributed by atoms with van der Waals surface area (Å²) in [5, 5.41) is 3.28. The second-order valence-corrected chi connectivity index (χ2v) is 18.4. The Bertz CT molecular complexity index is 2150. The zero-order chi connectivity index (χ0) is 36.5. The molecular weight excluding hydrogens is 675 g/mol. The quantitative estimate of drug-likeness (QED) is 0.212. The molecule has 6 heterocycles. The molecule has 2 aliphatic carbocycles. The van der Waals surface area contributed by atoms with Crippen LogP contribution in [0.4, 0.5) is 11.6 Å². The fourth-order valence-corrected chi connectivity index (χ4v) is 9.06. The highest BCUT2D eigenvalue weighted by Crippen LogP contribution is 2.65. The van der Waals surface area contributed by atoms with Gasteiger partial charge in [-0.2, -0.15) is 8.42 Å². The van der Waals surface area contributed by atoms with Crippen LogP contribution in [0, 0.1) is 17.3 Å². The number of nitrogens with zero attached hydrogens (tertiary/aromatic N) is 5. The second-order valence-electron chi connectivity index (χ2n) is 16.8. The monoisotopic (exact) mass is 721 g/mol. The first kappa shape index (κ1) is 34.5. The first-order valence-corrected chi connectivity index (χ1v) is 19.8. The van der Waals surface area contributed by atoms with Gasteiger partial charge in [-0.15, -0.1) is 0 Å². The molecule has 1 saturated heterocycles. The number of carbonyl (C=O) groups is 1. The lowest BCUT2D eigenvalue weighted by molar-refractivity contribution is 0.0981. The summed E-state index contributed by atoms with van der Waals surface area (Å²) in [5.74, 6) is 1.72. The van der Waals surface area contributed by atoms with Crippen molar-refractivity contribution >= 4 is 27.6 Å². The number of hydrogen-bond acceptors (Lipinski definition) is 10. The third-order valence-electron chi connectivity index (χ3n) is 11.3. The summed E-state index contributed by atoms with van der Waals surface area (Å²) in [7, 11) is -4.35. The van der Waals surface area contributed by atoms with Gasteiger partial charge in [-0.1, -0.05) is 45.7 Å². The van der Waals surface area contributed by atoms with E-state index in [9.17, 15) is 13.2 Å². The first-order chi connectivity index (χ1) is 24.7. The van der Waals surface area contributed by atoms with Crippen molar-refractivity contribution in [1.29, 1.82) is 0 Å². The molecular formula is C40H47N7O4S. The summed E-state index contributed by atoms with van der Waals surface area (Å²) in [6.07, 6.45) is 8.11. The predicted octanol–water partition coefficient (Wildman–Crippen LogP) is 7.08. The van der Waals surface area contributed by atoms with Gasteiger partial charge in [-0.25, -0.2) is 19.7 Å². The molecule has 4 aliphatic rings. The summed E-state index contributed by atoms with van der Waals surface area (Å²) in [6.45, 7) is 12.2. The van der Waals surface area contributed by atoms with Gasteiger partial charge >= 0.3 is 0 Å². The molecule has 1 spiro atoms. The molecule has 8 rings (SSSR count). The van der Waals surface area contributed by atoms with Crippen LogP contribution in [-0.4, -0.2) is 53.0 Å². The van der Waals surface area contributed by atoms with E-state index < -0.39 is 15.9 Å². The Hall–Kier alpha value is -4.58. The molecule has 0 radical (unpaired) electrons. The van der Waals surface area contributed by atoms with E-state index in [0.29, 0.717) is 48.0 Å². The molecule has 12 heteroatoms. The number of rotatable bonds is 6. The number of fused-ring (bicyclic) bond motifs is 5. The van der Waals surface area contributed by atoms with Crippen molar-refractivity contribution < 1.29 is 17.9 Å². The fourth-order valence-electron chi connectivity index (χ4n) is 8.12. The molecule has 3 fully saturated rings. The van der Waals surface area contributed by atoms with E-state index >= 15 is 0 Å². The minimum atomic E-state index is -4.35. The maximum atomic E-state index is 14.0. The fraction of sp³-hybridized carbons (Fsp3) is 0.475. The molecule has 2 N–H and O–H groups in total. The largest absolute Gasteiger partial charge is 0.478 e. The maximum Gasteiger partial charge on any atom is 0.281 e. The SMILES string of the molecule is CC(C)(C)c1ccnc([C@H]2CC3CC34CN(c3nc(-c5cccc(OCCC6CC6)n5)ccc3C(=O)NS(=O)(=O)c3cccc(n3)N2)C(C)(C)C4)c1. The van der Waals surface area contributed by atoms with Crippen molar-refractivity contribution in [1.82, 2.24) is 24.7 Å². The van der Waals surface area contributed by atoms with E-state index in [1.54, 1.807) is 24.3 Å². The summed E-state index contributed by atoms with van der Waals surface area (Å²) in [4.78, 5) is 35.4. The number of hydrogen-bond donors (Lipinski definition) is 2. The molecule has 272 valence electrons. The van der Waals surface area contributed by atoms with Gasteiger partial charge in [-0.3, -0.25) is 9.78 Å². The third-order valence-corrected chi connectivity index (χ3v) is 12.5. The van der Waals surface area contributed by atoms with Crippen LogP contribution < -0.4 is 19.7 Å². The van der Waals surface area contributed by atoms with E-state index in [2.05, 4.69) is 60.6 Å². The molecule has 4 bridgehead atoms. The highest BCUT2D eigenvalue weighted by atomic mass is 32.2. The van der Waals surface area contributed by atoms with Crippen LogP contribution in [0.15, 0.2) is 71.9 Å². The van der Waals surface area contributed by atoms with E-state index in [4.69, 9.17) is 19.7 Å². The smallest absolute Gasteiger partial charge is 0.281 e. The van der Waals surface area contributed by atoms with Gasteiger partial charge in [-0.05, 0) is 110 Å². The van der Waals surface area contributed by atoms with Crippen molar-refractivity contribution in [2.75, 3.05) is 23.4 Å². The number of aromatic nitrogens is 4. The molecule has 2 aliphatic heterocycles. The Balaban J connectivity index is 1.19. The van der Waals surface area contributed by atoms with Gasteiger partial charge in [0, 0.05) is 24.3 Å². The maximum absolute atomic E-state index is 14.0. The zero-order valence-electron chi connectivity index (χ0n) is 30.5. The third kappa shape index (κ3) is 6.85. The first-order valence-electron chi connectivity index (χ1n) is 18.4. The molecule has 4 aromatic rings. The normalized spacial score (nSPS) is 24.7. The molecule has 3 atom stereocenters. The van der Waals surface area contributed by atoms with Crippen LogP contribution in [0.2, 0.25) is 0 Å². The number of sulfonamides is 1. The van der Waals surface area contributed by atoms with Gasteiger partial charge in [0.25, 0.3) is 15.9 Å². The average molecular weight is 722 g/mol. The minimum absolute atomic E-state index is 0.00834. The molecule has 0 aromatic carbocycles. The number of nitrogens with one attached hydrogen (secondary N) is 2. The van der Waals surface area contributed by atoms with E-state index in [0.717, 1.165) is 37.3 Å². The summed E-state index contributed by atoms with van der Waals surface area (Å²) in [6, 6.07) is 17.8. The van der Waals surface area contributed by atoms with Crippen molar-refractivity contribution in [2.24, 2.45) is 17.3 Å².